The lowest BCUT2D eigenvalue weighted by molar-refractivity contribution is -0.169. The van der Waals surface area contributed by atoms with Crippen molar-refractivity contribution in [3.63, 3.8) is 0 Å². The zero-order valence-corrected chi connectivity index (χ0v) is 14.6. The van der Waals surface area contributed by atoms with Gasteiger partial charge in [0.2, 0.25) is 0 Å². The zero-order chi connectivity index (χ0) is 18.5. The summed E-state index contributed by atoms with van der Waals surface area (Å²) >= 11 is 0. The van der Waals surface area contributed by atoms with Crippen LogP contribution < -0.4 is 0 Å². The number of hydrogen-bond acceptors (Lipinski definition) is 6. The van der Waals surface area contributed by atoms with E-state index < -0.39 is 18.0 Å². The van der Waals surface area contributed by atoms with Gasteiger partial charge < -0.3 is 14.2 Å². The lowest BCUT2D eigenvalue weighted by Crippen LogP contribution is -2.35. The molecule has 0 amide bonds. The van der Waals surface area contributed by atoms with E-state index in [9.17, 15) is 14.9 Å². The third-order valence-corrected chi connectivity index (χ3v) is 3.05. The van der Waals surface area contributed by atoms with Gasteiger partial charge in [-0.05, 0) is 18.4 Å². The van der Waals surface area contributed by atoms with E-state index in [1.165, 1.54) is 0 Å². The van der Waals surface area contributed by atoms with Crippen LogP contribution in [0.1, 0.15) is 32.3 Å². The number of rotatable bonds is 10. The zero-order valence-electron chi connectivity index (χ0n) is 14.6. The highest BCUT2D eigenvalue weighted by Gasteiger charge is 2.31. The van der Waals surface area contributed by atoms with Crippen LogP contribution in [0.2, 0.25) is 0 Å². The molecular formula is C19H23NO5. The SMILES string of the molecule is CCCOC(=O)C(O/C=C(\C#N)Cc1ccccc1)C(=O)OCCC. The molecular weight excluding hydrogens is 322 g/mol. The second-order valence-electron chi connectivity index (χ2n) is 5.27. The largest absolute Gasteiger partial charge is 0.474 e. The summed E-state index contributed by atoms with van der Waals surface area (Å²) in [7, 11) is 0. The number of esters is 2. The van der Waals surface area contributed by atoms with Gasteiger partial charge in [-0.15, -0.1) is 0 Å². The Bertz CT molecular complexity index is 598. The Morgan fingerprint density at radius 2 is 1.64 bits per heavy atom. The minimum atomic E-state index is -1.53. The second kappa shape index (κ2) is 11.7. The highest BCUT2D eigenvalue weighted by atomic mass is 16.6. The molecule has 0 atom stereocenters. The Morgan fingerprint density at radius 3 is 2.12 bits per heavy atom. The number of benzene rings is 1. The summed E-state index contributed by atoms with van der Waals surface area (Å²) < 4.78 is 15.2. The molecule has 6 nitrogen and oxygen atoms in total. The molecule has 0 saturated heterocycles. The van der Waals surface area contributed by atoms with E-state index in [-0.39, 0.29) is 18.8 Å². The maximum absolute atomic E-state index is 12.0. The highest BCUT2D eigenvalue weighted by Crippen LogP contribution is 2.10. The van der Waals surface area contributed by atoms with E-state index in [1.807, 2.05) is 50.2 Å². The molecule has 0 aliphatic heterocycles. The van der Waals surface area contributed by atoms with Crippen molar-refractivity contribution in [3.05, 3.63) is 47.7 Å². The summed E-state index contributed by atoms with van der Waals surface area (Å²) in [6.45, 7) is 4.04. The van der Waals surface area contributed by atoms with Crippen LogP contribution in [0.4, 0.5) is 0 Å². The number of carbonyl (C=O) groups excluding carboxylic acids is 2. The Morgan fingerprint density at radius 1 is 1.08 bits per heavy atom. The van der Waals surface area contributed by atoms with Crippen molar-refractivity contribution >= 4 is 11.9 Å². The molecule has 0 radical (unpaired) electrons. The number of allylic oxidation sites excluding steroid dienone is 1. The van der Waals surface area contributed by atoms with Crippen molar-refractivity contribution in [3.8, 4) is 6.07 Å². The fourth-order valence-electron chi connectivity index (χ4n) is 1.84. The molecule has 0 aliphatic carbocycles. The molecule has 0 unspecified atom stereocenters. The first-order chi connectivity index (χ1) is 12.1. The topological polar surface area (TPSA) is 85.6 Å². The Balaban J connectivity index is 2.81. The molecule has 25 heavy (non-hydrogen) atoms. The van der Waals surface area contributed by atoms with Crippen molar-refractivity contribution in [2.75, 3.05) is 13.2 Å². The minimum Gasteiger partial charge on any atom is -0.474 e. The monoisotopic (exact) mass is 345 g/mol. The summed E-state index contributed by atoms with van der Waals surface area (Å²) in [5.74, 6) is -1.65. The molecule has 134 valence electrons. The Hall–Kier alpha value is -2.81. The fraction of sp³-hybridized carbons (Fsp3) is 0.421. The normalized spacial score (nSPS) is 10.9. The highest BCUT2D eigenvalue weighted by molar-refractivity contribution is 5.98. The molecule has 0 saturated carbocycles. The van der Waals surface area contributed by atoms with Crippen molar-refractivity contribution in [2.45, 2.75) is 39.2 Å². The van der Waals surface area contributed by atoms with Crippen LogP contribution in [0.25, 0.3) is 0 Å². The predicted octanol–water partition coefficient (Wildman–Crippen LogP) is 2.93. The van der Waals surface area contributed by atoms with Gasteiger partial charge in [0.1, 0.15) is 0 Å². The molecule has 0 heterocycles. The van der Waals surface area contributed by atoms with Gasteiger partial charge >= 0.3 is 11.9 Å². The Labute approximate surface area is 148 Å². The van der Waals surface area contributed by atoms with E-state index in [1.54, 1.807) is 0 Å². The molecule has 1 rings (SSSR count). The third-order valence-electron chi connectivity index (χ3n) is 3.05. The van der Waals surface area contributed by atoms with Gasteiger partial charge in [0.05, 0.1) is 31.1 Å². The summed E-state index contributed by atoms with van der Waals surface area (Å²) in [6.07, 6.45) is 1.17. The maximum atomic E-state index is 12.0. The van der Waals surface area contributed by atoms with Gasteiger partial charge in [0.25, 0.3) is 6.10 Å². The first-order valence-electron chi connectivity index (χ1n) is 8.24. The number of nitriles is 1. The van der Waals surface area contributed by atoms with Crippen LogP contribution in [-0.2, 0) is 30.2 Å². The van der Waals surface area contributed by atoms with Crippen LogP contribution in [-0.4, -0.2) is 31.3 Å². The van der Waals surface area contributed by atoms with Crippen molar-refractivity contribution < 1.29 is 23.8 Å². The smallest absolute Gasteiger partial charge is 0.359 e. The van der Waals surface area contributed by atoms with Crippen molar-refractivity contribution in [2.24, 2.45) is 0 Å². The van der Waals surface area contributed by atoms with Gasteiger partial charge in [-0.1, -0.05) is 44.2 Å². The first-order valence-corrected chi connectivity index (χ1v) is 8.24. The molecule has 6 heteroatoms. The van der Waals surface area contributed by atoms with Gasteiger partial charge in [-0.3, -0.25) is 0 Å². The average molecular weight is 345 g/mol. The third kappa shape index (κ3) is 7.53. The summed E-state index contributed by atoms with van der Waals surface area (Å²) in [4.78, 5) is 24.0. The first kappa shape index (κ1) is 20.2. The van der Waals surface area contributed by atoms with E-state index in [0.717, 1.165) is 11.8 Å². The number of ether oxygens (including phenoxy) is 3. The number of carbonyl (C=O) groups is 2. The van der Waals surface area contributed by atoms with Crippen LogP contribution in [0.5, 0.6) is 0 Å². The number of hydrogen-bond donors (Lipinski definition) is 0. The van der Waals surface area contributed by atoms with Crippen molar-refractivity contribution in [1.29, 1.82) is 5.26 Å². The second-order valence-corrected chi connectivity index (χ2v) is 5.27. The van der Waals surface area contributed by atoms with Gasteiger partial charge in [0, 0.05) is 6.42 Å². The quantitative estimate of drug-likeness (QED) is 0.280. The van der Waals surface area contributed by atoms with Crippen molar-refractivity contribution in [1.82, 2.24) is 0 Å². The summed E-state index contributed by atoms with van der Waals surface area (Å²) in [5, 5.41) is 9.23. The van der Waals surface area contributed by atoms with Crippen LogP contribution in [0, 0.1) is 11.3 Å². The molecule has 0 N–H and O–H groups in total. The molecule has 0 fully saturated rings. The maximum Gasteiger partial charge on any atom is 0.359 e. The van der Waals surface area contributed by atoms with Gasteiger partial charge in [-0.25, -0.2) is 9.59 Å². The molecule has 1 aromatic carbocycles. The lowest BCUT2D eigenvalue weighted by Gasteiger charge is -2.15. The average Bonchev–Trinajstić information content (AvgIpc) is 2.64. The summed E-state index contributed by atoms with van der Waals surface area (Å²) in [6, 6.07) is 11.3. The number of nitrogens with zero attached hydrogens (tertiary/aromatic N) is 1. The molecule has 0 spiro atoms. The van der Waals surface area contributed by atoms with Gasteiger partial charge in [0.15, 0.2) is 0 Å². The van der Waals surface area contributed by atoms with Crippen LogP contribution >= 0.6 is 0 Å². The van der Waals surface area contributed by atoms with Crippen LogP contribution in [0.15, 0.2) is 42.2 Å². The van der Waals surface area contributed by atoms with Crippen LogP contribution in [0.3, 0.4) is 0 Å². The molecule has 0 aliphatic rings. The van der Waals surface area contributed by atoms with Gasteiger partial charge in [-0.2, -0.15) is 5.26 Å². The lowest BCUT2D eigenvalue weighted by atomic mass is 10.1. The van der Waals surface area contributed by atoms with E-state index in [4.69, 9.17) is 14.2 Å². The summed E-state index contributed by atoms with van der Waals surface area (Å²) in [5.41, 5.74) is 1.19. The van der Waals surface area contributed by atoms with E-state index in [2.05, 4.69) is 0 Å². The fourth-order valence-corrected chi connectivity index (χ4v) is 1.84. The van der Waals surface area contributed by atoms with E-state index >= 15 is 0 Å². The standard InChI is InChI=1S/C19H23NO5/c1-3-10-23-18(21)17(19(22)24-11-4-2)25-14-16(13-20)12-15-8-6-5-7-9-15/h5-9,14,17H,3-4,10-12H2,1-2H3/b16-14-. The molecule has 0 bridgehead atoms. The predicted molar refractivity (Wildman–Crippen MR) is 91.2 cm³/mol. The Kier molecular flexibility index (Phi) is 9.46. The minimum absolute atomic E-state index is 0.179. The molecule has 0 aromatic heterocycles. The van der Waals surface area contributed by atoms with E-state index in [0.29, 0.717) is 19.3 Å². The molecule has 1 aromatic rings.